The Kier molecular flexibility index (Phi) is 3.68. The van der Waals surface area contributed by atoms with Crippen molar-refractivity contribution >= 4 is 40.6 Å². The van der Waals surface area contributed by atoms with Gasteiger partial charge < -0.3 is 4.90 Å². The minimum Gasteiger partial charge on any atom is -0.301 e. The highest BCUT2D eigenvalue weighted by atomic mass is 35.5. The van der Waals surface area contributed by atoms with E-state index in [1.807, 2.05) is 0 Å². The molecule has 0 aliphatic carbocycles. The summed E-state index contributed by atoms with van der Waals surface area (Å²) < 4.78 is 13.4. The molecule has 1 heterocycles. The quantitative estimate of drug-likeness (QED) is 0.487. The van der Waals surface area contributed by atoms with Crippen LogP contribution in [0, 0.1) is 5.82 Å². The molecule has 0 spiro atoms. The van der Waals surface area contributed by atoms with E-state index >= 15 is 0 Å². The largest absolute Gasteiger partial charge is 0.301 e. The molecule has 6 heteroatoms. The topological polar surface area (TPSA) is 37.4 Å². The van der Waals surface area contributed by atoms with Crippen LogP contribution in [0.1, 0.15) is 10.4 Å². The Morgan fingerprint density at radius 2 is 2.00 bits per heavy atom. The first-order chi connectivity index (χ1) is 8.56. The summed E-state index contributed by atoms with van der Waals surface area (Å²) in [6, 6.07) is 2.27. The lowest BCUT2D eigenvalue weighted by Gasteiger charge is -2.14. The molecule has 1 aromatic carbocycles. The predicted octanol–water partition coefficient (Wildman–Crippen LogP) is 2.80. The predicted molar refractivity (Wildman–Crippen MR) is 68.0 cm³/mol. The first-order valence-corrected chi connectivity index (χ1v) is 6.03. The second kappa shape index (κ2) is 5.08. The number of rotatable bonds is 3. The number of hydrogen-bond donors (Lipinski definition) is 0. The first-order valence-electron chi connectivity index (χ1n) is 5.12. The molecule has 0 aromatic heterocycles. The van der Waals surface area contributed by atoms with Gasteiger partial charge in [-0.25, -0.2) is 4.39 Å². The van der Waals surface area contributed by atoms with E-state index in [0.717, 1.165) is 6.07 Å². The summed E-state index contributed by atoms with van der Waals surface area (Å²) in [5.41, 5.74) is 0.372. The van der Waals surface area contributed by atoms with E-state index in [0.29, 0.717) is 5.88 Å². The number of Topliss-reactive ketones (excluding diaryl/α,β-unsaturated/α-hetero) is 1. The van der Waals surface area contributed by atoms with Crippen LogP contribution in [0.25, 0.3) is 0 Å². The molecule has 0 radical (unpaired) electrons. The van der Waals surface area contributed by atoms with Gasteiger partial charge in [-0.05, 0) is 12.1 Å². The highest BCUT2D eigenvalue weighted by molar-refractivity contribution is 6.52. The van der Waals surface area contributed by atoms with E-state index < -0.39 is 17.5 Å². The molecule has 0 N–H and O–H groups in total. The summed E-state index contributed by atoms with van der Waals surface area (Å²) in [6.45, 7) is 0.172. The number of benzene rings is 1. The monoisotopic (exact) mass is 287 g/mol. The third-order valence-corrected chi connectivity index (χ3v) is 3.02. The molecule has 3 nitrogen and oxygen atoms in total. The molecule has 18 heavy (non-hydrogen) atoms. The molecule has 1 aliphatic heterocycles. The Hall–Kier alpha value is -1.39. The van der Waals surface area contributed by atoms with Gasteiger partial charge >= 0.3 is 0 Å². The van der Waals surface area contributed by atoms with Crippen LogP contribution in [0.3, 0.4) is 0 Å². The highest BCUT2D eigenvalue weighted by Crippen LogP contribution is 2.32. The van der Waals surface area contributed by atoms with Gasteiger partial charge in [0, 0.05) is 12.4 Å². The summed E-state index contributed by atoms with van der Waals surface area (Å²) in [7, 11) is 0. The van der Waals surface area contributed by atoms with Crippen molar-refractivity contribution < 1.29 is 14.0 Å². The number of halogens is 3. The van der Waals surface area contributed by atoms with Crippen molar-refractivity contribution in [3.8, 4) is 0 Å². The van der Waals surface area contributed by atoms with Gasteiger partial charge in [0.05, 0.1) is 16.3 Å². The number of fused-ring (bicyclic) bond motifs is 1. The fourth-order valence-corrected chi connectivity index (χ4v) is 2.00. The second-order valence-corrected chi connectivity index (χ2v) is 4.37. The lowest BCUT2D eigenvalue weighted by atomic mass is 10.1. The van der Waals surface area contributed by atoms with Gasteiger partial charge in [-0.3, -0.25) is 9.59 Å². The highest BCUT2D eigenvalue weighted by Gasteiger charge is 2.36. The SMILES string of the molecule is O=C1C(=O)N(CC=CCCl)c2cc(F)c(Cl)cc21. The van der Waals surface area contributed by atoms with E-state index in [1.165, 1.54) is 11.0 Å². The molecule has 0 unspecified atom stereocenters. The van der Waals surface area contributed by atoms with Crippen LogP contribution in [0.4, 0.5) is 10.1 Å². The molecule has 0 fully saturated rings. The maximum absolute atomic E-state index is 13.4. The van der Waals surface area contributed by atoms with Crippen LogP contribution in [0.2, 0.25) is 5.02 Å². The third-order valence-electron chi connectivity index (χ3n) is 2.56. The summed E-state index contributed by atoms with van der Waals surface area (Å²) in [5, 5.41) is -0.173. The van der Waals surface area contributed by atoms with Crippen LogP contribution in [0.15, 0.2) is 24.3 Å². The summed E-state index contributed by atoms with van der Waals surface area (Å²) >= 11 is 11.1. The van der Waals surface area contributed by atoms with Gasteiger partial charge in [0.25, 0.3) is 11.7 Å². The molecule has 0 atom stereocenters. The molecular weight excluding hydrogens is 280 g/mol. The van der Waals surface area contributed by atoms with E-state index in [2.05, 4.69) is 0 Å². The fourth-order valence-electron chi connectivity index (χ4n) is 1.71. The number of carbonyl (C=O) groups is 2. The fraction of sp³-hybridized carbons (Fsp3) is 0.167. The zero-order chi connectivity index (χ0) is 13.3. The van der Waals surface area contributed by atoms with Crippen LogP contribution < -0.4 is 4.90 Å². The molecular formula is C12H8Cl2FNO2. The van der Waals surface area contributed by atoms with Crippen molar-refractivity contribution in [3.05, 3.63) is 40.7 Å². The standard InChI is InChI=1S/C12H8Cl2FNO2/c13-3-1-2-4-16-10-6-9(15)8(14)5-7(10)11(17)12(16)18/h1-2,5-6H,3-4H2. The minimum absolute atomic E-state index is 0.130. The summed E-state index contributed by atoms with van der Waals surface area (Å²) in [5.74, 6) is -1.72. The van der Waals surface area contributed by atoms with Crippen molar-refractivity contribution in [2.75, 3.05) is 17.3 Å². The Bertz CT molecular complexity index is 557. The maximum Gasteiger partial charge on any atom is 0.299 e. The molecule has 0 saturated carbocycles. The number of alkyl halides is 1. The number of allylic oxidation sites excluding steroid dienone is 1. The van der Waals surface area contributed by atoms with Crippen molar-refractivity contribution in [2.45, 2.75) is 0 Å². The van der Waals surface area contributed by atoms with Crippen molar-refractivity contribution in [3.63, 3.8) is 0 Å². The smallest absolute Gasteiger partial charge is 0.299 e. The van der Waals surface area contributed by atoms with Gasteiger partial charge in [0.15, 0.2) is 0 Å². The van der Waals surface area contributed by atoms with Crippen LogP contribution in [0.5, 0.6) is 0 Å². The number of nitrogens with zero attached hydrogens (tertiary/aromatic N) is 1. The van der Waals surface area contributed by atoms with Crippen molar-refractivity contribution in [1.82, 2.24) is 0 Å². The van der Waals surface area contributed by atoms with Gasteiger partial charge in [0.2, 0.25) is 0 Å². The van der Waals surface area contributed by atoms with Crippen LogP contribution in [-0.2, 0) is 4.79 Å². The number of carbonyl (C=O) groups excluding carboxylic acids is 2. The Balaban J connectivity index is 2.41. The zero-order valence-corrected chi connectivity index (χ0v) is 10.6. The third kappa shape index (κ3) is 2.13. The average molecular weight is 288 g/mol. The minimum atomic E-state index is -0.689. The van der Waals surface area contributed by atoms with Gasteiger partial charge in [0.1, 0.15) is 5.82 Å². The molecule has 2 rings (SSSR count). The van der Waals surface area contributed by atoms with Crippen molar-refractivity contribution in [2.24, 2.45) is 0 Å². The average Bonchev–Trinajstić information content (AvgIpc) is 2.56. The van der Waals surface area contributed by atoms with Crippen LogP contribution in [-0.4, -0.2) is 24.1 Å². The Morgan fingerprint density at radius 1 is 1.28 bits per heavy atom. The lowest BCUT2D eigenvalue weighted by Crippen LogP contribution is -2.29. The second-order valence-electron chi connectivity index (χ2n) is 3.65. The lowest BCUT2D eigenvalue weighted by molar-refractivity contribution is -0.114. The summed E-state index contributed by atoms with van der Waals surface area (Å²) in [4.78, 5) is 24.6. The van der Waals surface area contributed by atoms with Gasteiger partial charge in [-0.1, -0.05) is 23.8 Å². The Labute approximate surface area is 113 Å². The van der Waals surface area contributed by atoms with E-state index in [1.54, 1.807) is 12.2 Å². The van der Waals surface area contributed by atoms with Gasteiger partial charge in [-0.15, -0.1) is 11.6 Å². The van der Waals surface area contributed by atoms with E-state index in [4.69, 9.17) is 23.2 Å². The van der Waals surface area contributed by atoms with E-state index in [9.17, 15) is 14.0 Å². The normalized spacial score (nSPS) is 14.7. The maximum atomic E-state index is 13.4. The number of amides is 1. The number of anilines is 1. The first kappa shape index (κ1) is 13.1. The van der Waals surface area contributed by atoms with E-state index in [-0.39, 0.29) is 22.8 Å². The molecule has 1 amide bonds. The van der Waals surface area contributed by atoms with Crippen molar-refractivity contribution in [1.29, 1.82) is 0 Å². The molecule has 1 aliphatic rings. The number of hydrogen-bond acceptors (Lipinski definition) is 2. The molecule has 1 aromatic rings. The number of ketones is 1. The van der Waals surface area contributed by atoms with Gasteiger partial charge in [-0.2, -0.15) is 0 Å². The Morgan fingerprint density at radius 3 is 2.67 bits per heavy atom. The zero-order valence-electron chi connectivity index (χ0n) is 9.12. The molecule has 0 saturated heterocycles. The summed E-state index contributed by atoms with van der Waals surface area (Å²) in [6.07, 6.45) is 3.28. The van der Waals surface area contributed by atoms with Crippen LogP contribution >= 0.6 is 23.2 Å². The molecule has 0 bridgehead atoms. The molecule has 94 valence electrons.